The first-order valence-electron chi connectivity index (χ1n) is 6.50. The van der Waals surface area contributed by atoms with Crippen molar-refractivity contribution in [2.75, 3.05) is 6.61 Å². The molecule has 23 heavy (non-hydrogen) atoms. The summed E-state index contributed by atoms with van der Waals surface area (Å²) in [6, 6.07) is 1.21. The molecule has 0 amide bonds. The van der Waals surface area contributed by atoms with Gasteiger partial charge in [-0.15, -0.1) is 0 Å². The Kier molecular flexibility index (Phi) is 6.26. The van der Waals surface area contributed by atoms with Crippen LogP contribution in [0.1, 0.15) is 16.8 Å². The molecule has 0 aliphatic carbocycles. The number of aryl methyl sites for hydroxylation is 1. The predicted molar refractivity (Wildman–Crippen MR) is 83.1 cm³/mol. The summed E-state index contributed by atoms with van der Waals surface area (Å²) in [5.41, 5.74) is 1.87. The van der Waals surface area contributed by atoms with E-state index in [4.69, 9.17) is 21.4 Å². The zero-order valence-corrected chi connectivity index (χ0v) is 13.7. The van der Waals surface area contributed by atoms with Gasteiger partial charge >= 0.3 is 5.97 Å². The highest BCUT2D eigenvalue weighted by Gasteiger charge is 2.12. The van der Waals surface area contributed by atoms with Crippen molar-refractivity contribution in [3.63, 3.8) is 0 Å². The van der Waals surface area contributed by atoms with Crippen molar-refractivity contribution in [1.29, 1.82) is 0 Å². The minimum absolute atomic E-state index is 0.0841. The molecule has 1 N–H and O–H groups in total. The second-order valence-corrected chi connectivity index (χ2v) is 5.80. The van der Waals surface area contributed by atoms with Crippen LogP contribution in [-0.2, 0) is 17.2 Å². The Morgan fingerprint density at radius 1 is 1.43 bits per heavy atom. The molecule has 0 saturated carbocycles. The molecular formula is C14H13ClFN3O3S. The number of aliphatic hydroxyl groups excluding tert-OH is 1. The third-order valence-corrected chi connectivity index (χ3v) is 3.99. The number of ether oxygens (including phenoxy) is 1. The molecule has 0 aromatic carbocycles. The largest absolute Gasteiger partial charge is 0.406 e. The lowest BCUT2D eigenvalue weighted by atomic mass is 10.2. The number of carbonyl (C=O) groups excluding carboxylic acids is 1. The van der Waals surface area contributed by atoms with Gasteiger partial charge < -0.3 is 9.84 Å². The Bertz CT molecular complexity index is 697. The molecule has 2 aromatic heterocycles. The zero-order valence-electron chi connectivity index (χ0n) is 12.1. The van der Waals surface area contributed by atoms with Crippen LogP contribution in [0.4, 0.5) is 4.39 Å². The standard InChI is InChI=1S/C14H13ClFN3O3S/c1-8-4-17-5-11(15)10(8)7-23-14-18-9(3-16)2-12(19-14)22-13(21)6-20/h2,4-5,20H,3,6-7H2,1H3. The lowest BCUT2D eigenvalue weighted by Crippen LogP contribution is -2.13. The average molecular weight is 358 g/mol. The first-order valence-corrected chi connectivity index (χ1v) is 7.87. The minimum Gasteiger partial charge on any atom is -0.406 e. The second kappa shape index (κ2) is 8.19. The fourth-order valence-corrected chi connectivity index (χ4v) is 3.01. The number of nitrogens with zero attached hydrogens (tertiary/aromatic N) is 3. The number of halogens is 2. The number of esters is 1. The molecule has 2 heterocycles. The molecule has 0 unspecified atom stereocenters. The van der Waals surface area contributed by atoms with Gasteiger partial charge in [0.1, 0.15) is 13.3 Å². The van der Waals surface area contributed by atoms with Crippen LogP contribution >= 0.6 is 23.4 Å². The van der Waals surface area contributed by atoms with E-state index >= 15 is 0 Å². The SMILES string of the molecule is Cc1cncc(Cl)c1CSc1nc(CF)cc(OC(=O)CO)n1. The third kappa shape index (κ3) is 4.85. The summed E-state index contributed by atoms with van der Waals surface area (Å²) in [4.78, 5) is 23.1. The van der Waals surface area contributed by atoms with Gasteiger partial charge in [-0.3, -0.25) is 4.98 Å². The number of rotatable bonds is 6. The summed E-state index contributed by atoms with van der Waals surface area (Å²) in [6.07, 6.45) is 3.23. The van der Waals surface area contributed by atoms with Gasteiger partial charge in [-0.2, -0.15) is 4.98 Å². The molecule has 122 valence electrons. The van der Waals surface area contributed by atoms with Crippen LogP contribution in [0.25, 0.3) is 0 Å². The molecule has 0 saturated heterocycles. The second-order valence-electron chi connectivity index (χ2n) is 4.45. The van der Waals surface area contributed by atoms with Crippen molar-refractivity contribution < 1.29 is 19.0 Å². The molecule has 0 spiro atoms. The van der Waals surface area contributed by atoms with Gasteiger partial charge in [0, 0.05) is 24.2 Å². The van der Waals surface area contributed by atoms with Crippen LogP contribution in [0.3, 0.4) is 0 Å². The number of alkyl halides is 1. The minimum atomic E-state index is -0.877. The topological polar surface area (TPSA) is 85.2 Å². The van der Waals surface area contributed by atoms with Gasteiger partial charge in [0.05, 0.1) is 10.7 Å². The molecule has 0 fully saturated rings. The van der Waals surface area contributed by atoms with Crippen LogP contribution in [-0.4, -0.2) is 32.6 Å². The summed E-state index contributed by atoms with van der Waals surface area (Å²) < 4.78 is 17.7. The van der Waals surface area contributed by atoms with Gasteiger partial charge in [0.15, 0.2) is 5.16 Å². The number of pyridine rings is 1. The Morgan fingerprint density at radius 3 is 2.87 bits per heavy atom. The molecule has 0 aliphatic rings. The first-order chi connectivity index (χ1) is 11.0. The lowest BCUT2D eigenvalue weighted by molar-refractivity contribution is -0.137. The normalized spacial score (nSPS) is 10.6. The van der Waals surface area contributed by atoms with Crippen molar-refractivity contribution in [1.82, 2.24) is 15.0 Å². The van der Waals surface area contributed by atoms with Crippen molar-refractivity contribution in [3.05, 3.63) is 40.3 Å². The summed E-state index contributed by atoms with van der Waals surface area (Å²) in [5.74, 6) is -0.528. The van der Waals surface area contributed by atoms with E-state index in [1.165, 1.54) is 24.0 Å². The number of aliphatic hydroxyl groups is 1. The molecule has 0 atom stereocenters. The molecule has 0 radical (unpaired) electrons. The van der Waals surface area contributed by atoms with Crippen LogP contribution in [0.15, 0.2) is 23.6 Å². The zero-order chi connectivity index (χ0) is 16.8. The van der Waals surface area contributed by atoms with E-state index in [-0.39, 0.29) is 16.7 Å². The predicted octanol–water partition coefficient (Wildman–Crippen LogP) is 2.49. The van der Waals surface area contributed by atoms with Crippen molar-refractivity contribution in [3.8, 4) is 5.88 Å². The van der Waals surface area contributed by atoms with Gasteiger partial charge in [-0.05, 0) is 18.1 Å². The Morgan fingerprint density at radius 2 is 2.22 bits per heavy atom. The fourth-order valence-electron chi connectivity index (χ4n) is 1.66. The fraction of sp³-hybridized carbons (Fsp3) is 0.286. The number of carbonyl (C=O) groups is 1. The highest BCUT2D eigenvalue weighted by molar-refractivity contribution is 7.98. The number of hydrogen-bond donors (Lipinski definition) is 1. The number of aromatic nitrogens is 3. The van der Waals surface area contributed by atoms with Crippen molar-refractivity contribution in [2.24, 2.45) is 0 Å². The molecule has 0 aliphatic heterocycles. The first kappa shape index (κ1) is 17.6. The van der Waals surface area contributed by atoms with Gasteiger partial charge in [-0.25, -0.2) is 14.2 Å². The average Bonchev–Trinajstić information content (AvgIpc) is 2.54. The van der Waals surface area contributed by atoms with Gasteiger partial charge in [0.25, 0.3) is 0 Å². The van der Waals surface area contributed by atoms with Crippen molar-refractivity contribution in [2.45, 2.75) is 24.5 Å². The maximum absolute atomic E-state index is 12.9. The van der Waals surface area contributed by atoms with Gasteiger partial charge in [0.2, 0.25) is 5.88 Å². The quantitative estimate of drug-likeness (QED) is 0.483. The van der Waals surface area contributed by atoms with Gasteiger partial charge in [-0.1, -0.05) is 23.4 Å². The lowest BCUT2D eigenvalue weighted by Gasteiger charge is -2.08. The molecule has 6 nitrogen and oxygen atoms in total. The Balaban J connectivity index is 2.18. The maximum atomic E-state index is 12.9. The van der Waals surface area contributed by atoms with Crippen LogP contribution < -0.4 is 4.74 Å². The van der Waals surface area contributed by atoms with Crippen LogP contribution in [0.5, 0.6) is 5.88 Å². The Hall–Kier alpha value is -1.77. The smallest absolute Gasteiger partial charge is 0.338 e. The van der Waals surface area contributed by atoms with E-state index in [0.717, 1.165) is 11.1 Å². The van der Waals surface area contributed by atoms with E-state index < -0.39 is 19.3 Å². The highest BCUT2D eigenvalue weighted by Crippen LogP contribution is 2.27. The molecule has 9 heteroatoms. The Labute approximate surface area is 141 Å². The van der Waals surface area contributed by atoms with E-state index in [0.29, 0.717) is 10.8 Å². The van der Waals surface area contributed by atoms with Crippen LogP contribution in [0, 0.1) is 6.92 Å². The number of hydrogen-bond acceptors (Lipinski definition) is 7. The summed E-state index contributed by atoms with van der Waals surface area (Å²) in [7, 11) is 0. The number of thioether (sulfide) groups is 1. The highest BCUT2D eigenvalue weighted by atomic mass is 35.5. The molecular weight excluding hydrogens is 345 g/mol. The molecule has 0 bridgehead atoms. The summed E-state index contributed by atoms with van der Waals surface area (Å²) in [5, 5.41) is 9.45. The summed E-state index contributed by atoms with van der Waals surface area (Å²) in [6.45, 7) is 0.264. The van der Waals surface area contributed by atoms with E-state index in [1.54, 1.807) is 6.20 Å². The monoisotopic (exact) mass is 357 g/mol. The van der Waals surface area contributed by atoms with E-state index in [1.807, 2.05) is 6.92 Å². The van der Waals surface area contributed by atoms with E-state index in [9.17, 15) is 9.18 Å². The molecule has 2 aromatic rings. The maximum Gasteiger partial charge on any atom is 0.338 e. The van der Waals surface area contributed by atoms with Crippen molar-refractivity contribution >= 4 is 29.3 Å². The summed E-state index contributed by atoms with van der Waals surface area (Å²) >= 11 is 7.32. The third-order valence-electron chi connectivity index (χ3n) is 2.79. The van der Waals surface area contributed by atoms with Crippen LogP contribution in [0.2, 0.25) is 5.02 Å². The molecule has 2 rings (SSSR count). The van der Waals surface area contributed by atoms with E-state index in [2.05, 4.69) is 15.0 Å².